The van der Waals surface area contributed by atoms with E-state index in [1.165, 1.54) is 6.42 Å². The van der Waals surface area contributed by atoms with E-state index in [1.807, 2.05) is 47.4 Å². The Kier molecular flexibility index (Phi) is 6.54. The molecule has 0 bridgehead atoms. The van der Waals surface area contributed by atoms with Crippen LogP contribution in [-0.2, 0) is 4.79 Å². The van der Waals surface area contributed by atoms with Crippen LogP contribution < -0.4 is 10.2 Å². The summed E-state index contributed by atoms with van der Waals surface area (Å²) >= 11 is 0. The van der Waals surface area contributed by atoms with Gasteiger partial charge in [0.1, 0.15) is 11.9 Å². The molecular weight excluding hydrogens is 388 g/mol. The van der Waals surface area contributed by atoms with Gasteiger partial charge >= 0.3 is 0 Å². The molecule has 2 fully saturated rings. The topological polar surface area (TPSA) is 65.5 Å². The summed E-state index contributed by atoms with van der Waals surface area (Å²) in [5, 5.41) is 3.02. The standard InChI is InChI=1S/C25H32N4O2/c1-3-28(4-2)23-15-14-20(17-26-23)27-24(30)22-16-19-12-8-9-13-21(19)29(22)25(31)18-10-6-5-7-11-18/h5-7,10-11,14-15,17,19,21-22H,3-4,8-9,12-13,16H2,1-2H3,(H,27,30). The molecule has 1 aromatic heterocycles. The summed E-state index contributed by atoms with van der Waals surface area (Å²) in [6.07, 6.45) is 6.81. The second-order valence-electron chi connectivity index (χ2n) is 8.51. The lowest BCUT2D eigenvalue weighted by Gasteiger charge is -2.33. The summed E-state index contributed by atoms with van der Waals surface area (Å²) in [5.74, 6) is 1.15. The maximum Gasteiger partial charge on any atom is 0.254 e. The number of rotatable bonds is 6. The molecule has 6 nitrogen and oxygen atoms in total. The zero-order valence-corrected chi connectivity index (χ0v) is 18.5. The maximum absolute atomic E-state index is 13.4. The second-order valence-corrected chi connectivity index (χ2v) is 8.51. The van der Waals surface area contributed by atoms with Gasteiger partial charge in [0.25, 0.3) is 5.91 Å². The minimum Gasteiger partial charge on any atom is -0.357 e. The summed E-state index contributed by atoms with van der Waals surface area (Å²) in [6.45, 7) is 5.96. The number of nitrogens with one attached hydrogen (secondary N) is 1. The van der Waals surface area contributed by atoms with Crippen LogP contribution in [0.2, 0.25) is 0 Å². The first-order valence-electron chi connectivity index (χ1n) is 11.5. The summed E-state index contributed by atoms with van der Waals surface area (Å²) in [5.41, 5.74) is 1.32. The number of amides is 2. The van der Waals surface area contributed by atoms with E-state index in [-0.39, 0.29) is 17.9 Å². The van der Waals surface area contributed by atoms with Crippen molar-refractivity contribution in [3.63, 3.8) is 0 Å². The highest BCUT2D eigenvalue weighted by atomic mass is 16.2. The molecule has 1 saturated heterocycles. The summed E-state index contributed by atoms with van der Waals surface area (Å²) in [6, 6.07) is 12.9. The number of carbonyl (C=O) groups is 2. The zero-order chi connectivity index (χ0) is 21.8. The van der Waals surface area contributed by atoms with Crippen LogP contribution in [0.4, 0.5) is 11.5 Å². The minimum atomic E-state index is -0.441. The molecule has 2 amide bonds. The van der Waals surface area contributed by atoms with Gasteiger partial charge in [-0.1, -0.05) is 31.0 Å². The Morgan fingerprint density at radius 3 is 2.48 bits per heavy atom. The molecule has 3 atom stereocenters. The van der Waals surface area contributed by atoms with Crippen LogP contribution in [0.3, 0.4) is 0 Å². The smallest absolute Gasteiger partial charge is 0.254 e. The third kappa shape index (κ3) is 4.43. The number of carbonyl (C=O) groups excluding carboxylic acids is 2. The Bertz CT molecular complexity index is 895. The molecule has 1 aromatic carbocycles. The van der Waals surface area contributed by atoms with E-state index in [2.05, 4.69) is 29.0 Å². The lowest BCUT2D eigenvalue weighted by atomic mass is 9.84. The molecule has 4 rings (SSSR count). The monoisotopic (exact) mass is 420 g/mol. The van der Waals surface area contributed by atoms with Crippen molar-refractivity contribution in [1.82, 2.24) is 9.88 Å². The van der Waals surface area contributed by atoms with Gasteiger partial charge in [-0.2, -0.15) is 0 Å². The van der Waals surface area contributed by atoms with Crippen LogP contribution in [0.1, 0.15) is 56.3 Å². The fourth-order valence-electron chi connectivity index (χ4n) is 5.14. The van der Waals surface area contributed by atoms with Gasteiger partial charge in [0, 0.05) is 24.7 Å². The normalized spacial score (nSPS) is 22.6. The van der Waals surface area contributed by atoms with Gasteiger partial charge in [-0.05, 0) is 63.3 Å². The van der Waals surface area contributed by atoms with Crippen molar-refractivity contribution in [2.45, 2.75) is 58.0 Å². The number of aromatic nitrogens is 1. The number of likely N-dealkylation sites (tertiary alicyclic amines) is 1. The number of hydrogen-bond donors (Lipinski definition) is 1. The molecule has 1 saturated carbocycles. The molecule has 1 aliphatic carbocycles. The van der Waals surface area contributed by atoms with Gasteiger partial charge in [0.05, 0.1) is 11.9 Å². The molecule has 1 aliphatic heterocycles. The van der Waals surface area contributed by atoms with E-state index in [4.69, 9.17) is 0 Å². The summed E-state index contributed by atoms with van der Waals surface area (Å²) < 4.78 is 0. The molecule has 2 aromatic rings. The number of benzene rings is 1. The van der Waals surface area contributed by atoms with Gasteiger partial charge in [-0.25, -0.2) is 4.98 Å². The molecule has 2 aliphatic rings. The highest BCUT2D eigenvalue weighted by Crippen LogP contribution is 2.40. The van der Waals surface area contributed by atoms with E-state index >= 15 is 0 Å². The molecule has 1 N–H and O–H groups in total. The Hall–Kier alpha value is -2.89. The zero-order valence-electron chi connectivity index (χ0n) is 18.5. The maximum atomic E-state index is 13.4. The SMILES string of the molecule is CCN(CC)c1ccc(NC(=O)C2CC3CCCCC3N2C(=O)c2ccccc2)cn1. The van der Waals surface area contributed by atoms with Crippen molar-refractivity contribution in [3.8, 4) is 0 Å². The van der Waals surface area contributed by atoms with E-state index in [1.54, 1.807) is 6.20 Å². The first kappa shape index (κ1) is 21.3. The van der Waals surface area contributed by atoms with Crippen LogP contribution in [0.25, 0.3) is 0 Å². The van der Waals surface area contributed by atoms with Crippen LogP contribution >= 0.6 is 0 Å². The molecular formula is C25H32N4O2. The number of fused-ring (bicyclic) bond motifs is 1. The second kappa shape index (κ2) is 9.50. The fraction of sp³-hybridized carbons (Fsp3) is 0.480. The number of hydrogen-bond acceptors (Lipinski definition) is 4. The quantitative estimate of drug-likeness (QED) is 0.755. The average molecular weight is 421 g/mol. The minimum absolute atomic E-state index is 0.0369. The Morgan fingerprint density at radius 1 is 1.06 bits per heavy atom. The van der Waals surface area contributed by atoms with E-state index in [0.717, 1.165) is 44.6 Å². The number of nitrogens with zero attached hydrogens (tertiary/aromatic N) is 3. The molecule has 0 spiro atoms. The van der Waals surface area contributed by atoms with Gasteiger partial charge in [0.15, 0.2) is 0 Å². The van der Waals surface area contributed by atoms with Crippen molar-refractivity contribution < 1.29 is 9.59 Å². The molecule has 3 unspecified atom stereocenters. The predicted octanol–water partition coefficient (Wildman–Crippen LogP) is 4.34. The highest BCUT2D eigenvalue weighted by Gasteiger charge is 2.47. The Morgan fingerprint density at radius 2 is 1.81 bits per heavy atom. The number of anilines is 2. The lowest BCUT2D eigenvalue weighted by molar-refractivity contribution is -0.120. The van der Waals surface area contributed by atoms with E-state index < -0.39 is 6.04 Å². The highest BCUT2D eigenvalue weighted by molar-refractivity contribution is 6.01. The molecule has 31 heavy (non-hydrogen) atoms. The predicted molar refractivity (Wildman–Crippen MR) is 123 cm³/mol. The first-order chi connectivity index (χ1) is 15.1. The first-order valence-corrected chi connectivity index (χ1v) is 11.5. The lowest BCUT2D eigenvalue weighted by Crippen LogP contribution is -2.47. The van der Waals surface area contributed by atoms with Crippen LogP contribution in [0.15, 0.2) is 48.7 Å². The molecule has 164 valence electrons. The Labute approximate surface area is 184 Å². The average Bonchev–Trinajstić information content (AvgIpc) is 3.21. The van der Waals surface area contributed by atoms with E-state index in [9.17, 15) is 9.59 Å². The van der Waals surface area contributed by atoms with Crippen LogP contribution in [-0.4, -0.2) is 46.9 Å². The van der Waals surface area contributed by atoms with Crippen molar-refractivity contribution in [2.75, 3.05) is 23.3 Å². The number of pyridine rings is 1. The van der Waals surface area contributed by atoms with Crippen LogP contribution in [0.5, 0.6) is 0 Å². The van der Waals surface area contributed by atoms with Gasteiger partial charge in [0.2, 0.25) is 5.91 Å². The third-order valence-electron chi connectivity index (χ3n) is 6.75. The van der Waals surface area contributed by atoms with Crippen molar-refractivity contribution in [1.29, 1.82) is 0 Å². The fourth-order valence-corrected chi connectivity index (χ4v) is 5.14. The van der Waals surface area contributed by atoms with Gasteiger partial charge < -0.3 is 15.1 Å². The largest absolute Gasteiger partial charge is 0.357 e. The molecule has 2 heterocycles. The van der Waals surface area contributed by atoms with Crippen LogP contribution in [0, 0.1) is 5.92 Å². The van der Waals surface area contributed by atoms with Gasteiger partial charge in [-0.3, -0.25) is 9.59 Å². The molecule has 6 heteroatoms. The van der Waals surface area contributed by atoms with Crippen molar-refractivity contribution >= 4 is 23.3 Å². The summed E-state index contributed by atoms with van der Waals surface area (Å²) in [4.78, 5) is 35.2. The van der Waals surface area contributed by atoms with E-state index in [0.29, 0.717) is 17.2 Å². The Balaban J connectivity index is 1.53. The third-order valence-corrected chi connectivity index (χ3v) is 6.75. The van der Waals surface area contributed by atoms with Gasteiger partial charge in [-0.15, -0.1) is 0 Å². The van der Waals surface area contributed by atoms with Crippen molar-refractivity contribution in [2.24, 2.45) is 5.92 Å². The summed E-state index contributed by atoms with van der Waals surface area (Å²) in [7, 11) is 0. The van der Waals surface area contributed by atoms with Crippen molar-refractivity contribution in [3.05, 3.63) is 54.2 Å². The molecule has 0 radical (unpaired) electrons.